The Morgan fingerprint density at radius 1 is 1.13 bits per heavy atom. The second-order valence-corrected chi connectivity index (χ2v) is 3.43. The summed E-state index contributed by atoms with van der Waals surface area (Å²) in [5.41, 5.74) is 4.63. The van der Waals surface area contributed by atoms with Crippen molar-refractivity contribution in [3.63, 3.8) is 0 Å². The van der Waals surface area contributed by atoms with Gasteiger partial charge in [-0.1, -0.05) is 23.2 Å². The largest absolute Gasteiger partial charge is 0.319 e. The Morgan fingerprint density at radius 2 is 1.60 bits per heavy atom. The molecule has 1 atom stereocenters. The lowest BCUT2D eigenvalue weighted by molar-refractivity contribution is 0.115. The predicted octanol–water partition coefficient (Wildman–Crippen LogP) is 3.82. The van der Waals surface area contributed by atoms with Crippen molar-refractivity contribution in [2.75, 3.05) is 0 Å². The molecule has 15 heavy (non-hydrogen) atoms. The Labute approximate surface area is 101 Å². The van der Waals surface area contributed by atoms with Gasteiger partial charge in [0, 0.05) is 10.6 Å². The summed E-state index contributed by atoms with van der Waals surface area (Å²) in [4.78, 5) is 0. The third kappa shape index (κ3) is 3.14. The molecule has 0 heterocycles. The van der Waals surface area contributed by atoms with Gasteiger partial charge in [-0.05, 0) is 12.1 Å². The van der Waals surface area contributed by atoms with Crippen molar-refractivity contribution in [2.24, 2.45) is 5.73 Å². The van der Waals surface area contributed by atoms with Crippen LogP contribution in [-0.2, 0) is 0 Å². The van der Waals surface area contributed by atoms with Crippen molar-refractivity contribution < 1.29 is 13.2 Å². The molecular formula is C8H7Cl3F3N. The summed E-state index contributed by atoms with van der Waals surface area (Å²) in [6.07, 6.45) is -2.89. The van der Waals surface area contributed by atoms with Gasteiger partial charge in [-0.25, -0.2) is 13.2 Å². The first-order chi connectivity index (χ1) is 6.45. The summed E-state index contributed by atoms with van der Waals surface area (Å²) in [5, 5.41) is -0.430. The molecule has 0 bridgehead atoms. The summed E-state index contributed by atoms with van der Waals surface area (Å²) in [7, 11) is 0. The van der Waals surface area contributed by atoms with E-state index in [4.69, 9.17) is 28.9 Å². The summed E-state index contributed by atoms with van der Waals surface area (Å²) in [5.74, 6) is -0.994. The highest BCUT2D eigenvalue weighted by molar-refractivity contribution is 6.33. The minimum Gasteiger partial charge on any atom is -0.319 e. The predicted molar refractivity (Wildman–Crippen MR) is 56.6 cm³/mol. The molecule has 1 aromatic carbocycles. The van der Waals surface area contributed by atoms with Crippen LogP contribution in [0.5, 0.6) is 0 Å². The monoisotopic (exact) mass is 279 g/mol. The molecule has 0 aliphatic rings. The second-order valence-electron chi connectivity index (χ2n) is 2.62. The molecule has 0 unspecified atom stereocenters. The van der Waals surface area contributed by atoms with E-state index in [1.807, 2.05) is 0 Å². The van der Waals surface area contributed by atoms with Gasteiger partial charge >= 0.3 is 0 Å². The molecule has 0 aliphatic heterocycles. The Balaban J connectivity index is 0.00000196. The maximum absolute atomic E-state index is 13.2. The smallest absolute Gasteiger partial charge is 0.257 e. The summed E-state index contributed by atoms with van der Waals surface area (Å²) < 4.78 is 37.7. The van der Waals surface area contributed by atoms with Crippen molar-refractivity contribution in [1.29, 1.82) is 0 Å². The van der Waals surface area contributed by atoms with Crippen LogP contribution in [0.15, 0.2) is 12.1 Å². The van der Waals surface area contributed by atoms with E-state index >= 15 is 0 Å². The van der Waals surface area contributed by atoms with Crippen LogP contribution in [0.25, 0.3) is 0 Å². The van der Waals surface area contributed by atoms with Crippen LogP contribution in [-0.4, -0.2) is 6.43 Å². The number of hydrogen-bond donors (Lipinski definition) is 1. The van der Waals surface area contributed by atoms with E-state index in [0.717, 1.165) is 0 Å². The van der Waals surface area contributed by atoms with Gasteiger partial charge in [-0.2, -0.15) is 0 Å². The van der Waals surface area contributed by atoms with Gasteiger partial charge in [0.1, 0.15) is 5.82 Å². The molecule has 0 radical (unpaired) electrons. The van der Waals surface area contributed by atoms with Gasteiger partial charge in [0.25, 0.3) is 6.43 Å². The zero-order valence-corrected chi connectivity index (χ0v) is 9.51. The van der Waals surface area contributed by atoms with Crippen LogP contribution in [0.4, 0.5) is 13.2 Å². The first-order valence-corrected chi connectivity index (χ1v) is 4.38. The highest BCUT2D eigenvalue weighted by Crippen LogP contribution is 2.31. The quantitative estimate of drug-likeness (QED) is 0.819. The van der Waals surface area contributed by atoms with E-state index in [2.05, 4.69) is 0 Å². The molecule has 0 aromatic heterocycles. The van der Waals surface area contributed by atoms with Crippen molar-refractivity contribution in [3.05, 3.63) is 33.6 Å². The highest BCUT2D eigenvalue weighted by atomic mass is 35.5. The molecule has 1 aromatic rings. The van der Waals surface area contributed by atoms with Crippen molar-refractivity contribution in [1.82, 2.24) is 0 Å². The van der Waals surface area contributed by atoms with Gasteiger partial charge in [-0.3, -0.25) is 0 Å². The number of rotatable bonds is 2. The van der Waals surface area contributed by atoms with E-state index < -0.39 is 23.8 Å². The number of nitrogens with two attached hydrogens (primary N) is 1. The van der Waals surface area contributed by atoms with E-state index in [1.165, 1.54) is 12.1 Å². The molecule has 2 N–H and O–H groups in total. The molecule has 1 rings (SSSR count). The topological polar surface area (TPSA) is 26.0 Å². The molecule has 0 saturated heterocycles. The number of benzene rings is 1. The maximum atomic E-state index is 13.2. The number of hydrogen-bond acceptors (Lipinski definition) is 1. The van der Waals surface area contributed by atoms with E-state index in [-0.39, 0.29) is 22.5 Å². The normalized spacial score (nSPS) is 12.5. The molecule has 1 nitrogen and oxygen atoms in total. The van der Waals surface area contributed by atoms with Crippen molar-refractivity contribution in [2.45, 2.75) is 12.5 Å². The minimum atomic E-state index is -2.89. The summed E-state index contributed by atoms with van der Waals surface area (Å²) >= 11 is 10.9. The second kappa shape index (κ2) is 5.80. The fourth-order valence-electron chi connectivity index (χ4n) is 0.974. The Morgan fingerprint density at radius 3 is 2.07 bits per heavy atom. The van der Waals surface area contributed by atoms with Crippen LogP contribution in [0.2, 0.25) is 10.0 Å². The van der Waals surface area contributed by atoms with Crippen LogP contribution in [0, 0.1) is 5.82 Å². The molecular weight excluding hydrogens is 273 g/mol. The van der Waals surface area contributed by atoms with Gasteiger partial charge in [0.2, 0.25) is 0 Å². The Bertz CT molecular complexity index is 346. The standard InChI is InChI=1S/C8H6Cl2F3N.ClH/c9-3-1-2-4(10)6(11)5(3)7(14)8(12)13;/h1-2,7-8H,14H2;1H/t7-;/m0./s1. The third-order valence-corrected chi connectivity index (χ3v) is 2.31. The van der Waals surface area contributed by atoms with Gasteiger partial charge in [0.05, 0.1) is 11.1 Å². The van der Waals surface area contributed by atoms with Crippen LogP contribution < -0.4 is 5.73 Å². The lowest BCUT2D eigenvalue weighted by Gasteiger charge is -2.14. The molecule has 86 valence electrons. The zero-order valence-electron chi connectivity index (χ0n) is 7.18. The zero-order chi connectivity index (χ0) is 10.9. The number of alkyl halides is 2. The highest BCUT2D eigenvalue weighted by Gasteiger charge is 2.25. The van der Waals surface area contributed by atoms with Crippen LogP contribution in [0.1, 0.15) is 11.6 Å². The maximum Gasteiger partial charge on any atom is 0.257 e. The average Bonchev–Trinajstić information content (AvgIpc) is 2.12. The van der Waals surface area contributed by atoms with Crippen LogP contribution in [0.3, 0.4) is 0 Å². The van der Waals surface area contributed by atoms with E-state index in [1.54, 1.807) is 0 Å². The average molecular weight is 281 g/mol. The van der Waals surface area contributed by atoms with Crippen molar-refractivity contribution in [3.8, 4) is 0 Å². The van der Waals surface area contributed by atoms with E-state index in [0.29, 0.717) is 0 Å². The fourth-order valence-corrected chi connectivity index (χ4v) is 1.41. The van der Waals surface area contributed by atoms with E-state index in [9.17, 15) is 13.2 Å². The third-order valence-electron chi connectivity index (χ3n) is 1.68. The number of halogens is 6. The molecule has 0 aliphatic carbocycles. The summed E-state index contributed by atoms with van der Waals surface area (Å²) in [6, 6.07) is 0.645. The minimum absolute atomic E-state index is 0. The first-order valence-electron chi connectivity index (χ1n) is 3.62. The van der Waals surface area contributed by atoms with Gasteiger partial charge < -0.3 is 5.73 Å². The Kier molecular flexibility index (Phi) is 5.73. The molecule has 7 heteroatoms. The Hall–Kier alpha value is -0.160. The van der Waals surface area contributed by atoms with Crippen LogP contribution >= 0.6 is 35.6 Å². The van der Waals surface area contributed by atoms with Gasteiger partial charge in [0.15, 0.2) is 0 Å². The summed E-state index contributed by atoms with van der Waals surface area (Å²) in [6.45, 7) is 0. The molecule has 0 saturated carbocycles. The first kappa shape index (κ1) is 14.8. The molecule has 0 amide bonds. The molecule has 0 fully saturated rings. The van der Waals surface area contributed by atoms with Gasteiger partial charge in [-0.15, -0.1) is 12.4 Å². The molecule has 0 spiro atoms. The lowest BCUT2D eigenvalue weighted by atomic mass is 10.1. The van der Waals surface area contributed by atoms with Crippen molar-refractivity contribution >= 4 is 35.6 Å². The fraction of sp³-hybridized carbons (Fsp3) is 0.250. The lowest BCUT2D eigenvalue weighted by Crippen LogP contribution is -2.20. The SMILES string of the molecule is Cl.N[C@@H](c1c(Cl)ccc(Cl)c1F)C(F)F.